The Morgan fingerprint density at radius 1 is 1.33 bits per heavy atom. The van der Waals surface area contributed by atoms with Crippen molar-refractivity contribution in [2.75, 3.05) is 7.05 Å². The summed E-state index contributed by atoms with van der Waals surface area (Å²) in [5, 5.41) is 3.43. The van der Waals surface area contributed by atoms with Crippen LogP contribution in [0.15, 0.2) is 35.0 Å². The highest BCUT2D eigenvalue weighted by Gasteiger charge is 2.10. The molecule has 0 saturated carbocycles. The largest absolute Gasteiger partial charge is 0.465 e. The Hall–Kier alpha value is -1.65. The maximum Gasteiger partial charge on any atom is 0.118 e. The fourth-order valence-electron chi connectivity index (χ4n) is 2.28. The minimum absolute atomic E-state index is 0.482. The van der Waals surface area contributed by atoms with Crippen LogP contribution >= 0.6 is 0 Å². The van der Waals surface area contributed by atoms with Crippen LogP contribution < -0.4 is 5.32 Å². The predicted octanol–water partition coefficient (Wildman–Crippen LogP) is 3.11. The zero-order valence-electron chi connectivity index (χ0n) is 13.4. The number of hydrogen-bond acceptors (Lipinski definition) is 4. The summed E-state index contributed by atoms with van der Waals surface area (Å²) >= 11 is 0. The first-order chi connectivity index (χ1) is 10.0. The van der Waals surface area contributed by atoms with E-state index in [2.05, 4.69) is 48.2 Å². The molecule has 2 heterocycles. The lowest BCUT2D eigenvalue weighted by atomic mass is 10.2. The smallest absolute Gasteiger partial charge is 0.118 e. The first-order valence-corrected chi connectivity index (χ1v) is 7.43. The van der Waals surface area contributed by atoms with Crippen LogP contribution in [0.4, 0.5) is 0 Å². The highest BCUT2D eigenvalue weighted by Crippen LogP contribution is 2.17. The SMILES string of the molecule is Cc1oc(CN(C)Cc2cccnc2)cc1CNC(C)C. The third-order valence-electron chi connectivity index (χ3n) is 3.37. The highest BCUT2D eigenvalue weighted by atomic mass is 16.3. The number of aryl methyl sites for hydroxylation is 1. The van der Waals surface area contributed by atoms with Crippen molar-refractivity contribution in [3.8, 4) is 0 Å². The summed E-state index contributed by atoms with van der Waals surface area (Å²) in [7, 11) is 2.09. The van der Waals surface area contributed by atoms with Crippen molar-refractivity contribution in [3.63, 3.8) is 0 Å². The summed E-state index contributed by atoms with van der Waals surface area (Å²) in [5.74, 6) is 2.02. The van der Waals surface area contributed by atoms with E-state index in [1.807, 2.05) is 19.2 Å². The van der Waals surface area contributed by atoms with Gasteiger partial charge in [-0.3, -0.25) is 9.88 Å². The van der Waals surface area contributed by atoms with E-state index in [1.165, 1.54) is 11.1 Å². The molecule has 21 heavy (non-hydrogen) atoms. The number of aromatic nitrogens is 1. The molecule has 0 bridgehead atoms. The van der Waals surface area contributed by atoms with Crippen molar-refractivity contribution in [2.24, 2.45) is 0 Å². The van der Waals surface area contributed by atoms with E-state index < -0.39 is 0 Å². The maximum absolute atomic E-state index is 5.86. The molecular weight excluding hydrogens is 262 g/mol. The van der Waals surface area contributed by atoms with Gasteiger partial charge in [-0.2, -0.15) is 0 Å². The zero-order valence-corrected chi connectivity index (χ0v) is 13.4. The van der Waals surface area contributed by atoms with Gasteiger partial charge in [0.2, 0.25) is 0 Å². The van der Waals surface area contributed by atoms with E-state index in [0.717, 1.165) is 31.2 Å². The number of furan rings is 1. The van der Waals surface area contributed by atoms with Crippen LogP contribution in [0.1, 0.15) is 36.5 Å². The van der Waals surface area contributed by atoms with Crippen LogP contribution in [0.25, 0.3) is 0 Å². The van der Waals surface area contributed by atoms with Crippen molar-refractivity contribution in [1.29, 1.82) is 0 Å². The molecule has 0 spiro atoms. The maximum atomic E-state index is 5.86. The second-order valence-electron chi connectivity index (χ2n) is 5.86. The Labute approximate surface area is 127 Å². The molecule has 114 valence electrons. The van der Waals surface area contributed by atoms with Gasteiger partial charge in [-0.1, -0.05) is 19.9 Å². The van der Waals surface area contributed by atoms with Crippen LogP contribution in [-0.4, -0.2) is 23.0 Å². The molecule has 0 aromatic carbocycles. The molecule has 4 heteroatoms. The Balaban J connectivity index is 1.92. The Morgan fingerprint density at radius 2 is 2.14 bits per heavy atom. The average molecular weight is 287 g/mol. The average Bonchev–Trinajstić information content (AvgIpc) is 2.77. The van der Waals surface area contributed by atoms with Crippen molar-refractivity contribution >= 4 is 0 Å². The second-order valence-corrected chi connectivity index (χ2v) is 5.86. The van der Waals surface area contributed by atoms with Crippen molar-refractivity contribution < 1.29 is 4.42 Å². The predicted molar refractivity (Wildman–Crippen MR) is 84.8 cm³/mol. The van der Waals surface area contributed by atoms with Crippen LogP contribution in [0, 0.1) is 6.92 Å². The molecule has 0 unspecified atom stereocenters. The normalized spacial score (nSPS) is 11.5. The summed E-state index contributed by atoms with van der Waals surface area (Å²) in [6, 6.07) is 6.70. The molecule has 2 aromatic heterocycles. The van der Waals surface area contributed by atoms with Crippen molar-refractivity contribution in [3.05, 3.63) is 53.2 Å². The van der Waals surface area contributed by atoms with Gasteiger partial charge in [0.25, 0.3) is 0 Å². The number of nitrogens with zero attached hydrogens (tertiary/aromatic N) is 2. The van der Waals surface area contributed by atoms with Crippen molar-refractivity contribution in [2.45, 2.75) is 46.4 Å². The van der Waals surface area contributed by atoms with Gasteiger partial charge < -0.3 is 9.73 Å². The molecule has 1 N–H and O–H groups in total. The van der Waals surface area contributed by atoms with Gasteiger partial charge in [0.1, 0.15) is 11.5 Å². The van der Waals surface area contributed by atoms with Crippen molar-refractivity contribution in [1.82, 2.24) is 15.2 Å². The molecule has 0 atom stereocenters. The van der Waals surface area contributed by atoms with Gasteiger partial charge in [-0.15, -0.1) is 0 Å². The molecule has 2 aromatic rings. The lowest BCUT2D eigenvalue weighted by Crippen LogP contribution is -2.21. The van der Waals surface area contributed by atoms with Gasteiger partial charge in [0, 0.05) is 37.1 Å². The monoisotopic (exact) mass is 287 g/mol. The first kappa shape index (κ1) is 15.7. The van der Waals surface area contributed by atoms with Crippen LogP contribution in [-0.2, 0) is 19.6 Å². The van der Waals surface area contributed by atoms with E-state index >= 15 is 0 Å². The minimum atomic E-state index is 0.482. The molecular formula is C17H25N3O. The van der Waals surface area contributed by atoms with E-state index in [0.29, 0.717) is 6.04 Å². The van der Waals surface area contributed by atoms with E-state index in [4.69, 9.17) is 4.42 Å². The molecule has 4 nitrogen and oxygen atoms in total. The van der Waals surface area contributed by atoms with E-state index in [9.17, 15) is 0 Å². The van der Waals surface area contributed by atoms with E-state index in [1.54, 1.807) is 6.20 Å². The van der Waals surface area contributed by atoms with Gasteiger partial charge in [0.15, 0.2) is 0 Å². The molecule has 0 aliphatic carbocycles. The summed E-state index contributed by atoms with van der Waals surface area (Å²) in [6.45, 7) is 8.86. The number of nitrogens with one attached hydrogen (secondary N) is 1. The van der Waals surface area contributed by atoms with Crippen LogP contribution in [0.3, 0.4) is 0 Å². The van der Waals surface area contributed by atoms with Gasteiger partial charge in [0.05, 0.1) is 6.54 Å². The molecule has 0 fully saturated rings. The zero-order chi connectivity index (χ0) is 15.2. The first-order valence-electron chi connectivity index (χ1n) is 7.43. The minimum Gasteiger partial charge on any atom is -0.465 e. The highest BCUT2D eigenvalue weighted by molar-refractivity contribution is 5.21. The second kappa shape index (κ2) is 7.38. The molecule has 0 aliphatic rings. The summed E-state index contributed by atoms with van der Waals surface area (Å²) in [5.41, 5.74) is 2.46. The van der Waals surface area contributed by atoms with Gasteiger partial charge in [-0.25, -0.2) is 0 Å². The third kappa shape index (κ3) is 4.99. The Bertz CT molecular complexity index is 548. The quantitative estimate of drug-likeness (QED) is 0.849. The van der Waals surface area contributed by atoms with Crippen LogP contribution in [0.2, 0.25) is 0 Å². The van der Waals surface area contributed by atoms with Gasteiger partial charge >= 0.3 is 0 Å². The lowest BCUT2D eigenvalue weighted by molar-refractivity contribution is 0.285. The summed E-state index contributed by atoms with van der Waals surface area (Å²) in [4.78, 5) is 6.38. The molecule has 0 saturated heterocycles. The van der Waals surface area contributed by atoms with Gasteiger partial charge in [-0.05, 0) is 31.7 Å². The summed E-state index contributed by atoms with van der Waals surface area (Å²) in [6.07, 6.45) is 3.70. The standard InChI is InChI=1S/C17H25N3O/c1-13(2)19-10-16-8-17(21-14(16)3)12-20(4)11-15-6-5-7-18-9-15/h5-9,13,19H,10-12H2,1-4H3. The fourth-order valence-corrected chi connectivity index (χ4v) is 2.28. The topological polar surface area (TPSA) is 41.3 Å². The Morgan fingerprint density at radius 3 is 2.81 bits per heavy atom. The molecule has 0 amide bonds. The van der Waals surface area contributed by atoms with Crippen LogP contribution in [0.5, 0.6) is 0 Å². The number of pyridine rings is 1. The fraction of sp³-hybridized carbons (Fsp3) is 0.471. The lowest BCUT2D eigenvalue weighted by Gasteiger charge is -2.14. The molecule has 0 aliphatic heterocycles. The molecule has 2 rings (SSSR count). The Kier molecular flexibility index (Phi) is 5.53. The van der Waals surface area contributed by atoms with E-state index in [-0.39, 0.29) is 0 Å². The third-order valence-corrected chi connectivity index (χ3v) is 3.37. The summed E-state index contributed by atoms with van der Waals surface area (Å²) < 4.78 is 5.86. The number of rotatable bonds is 7. The molecule has 0 radical (unpaired) electrons. The number of hydrogen-bond donors (Lipinski definition) is 1.